The Bertz CT molecular complexity index is 904. The van der Waals surface area contributed by atoms with E-state index in [1.807, 2.05) is 21.0 Å². The fraction of sp³-hybridized carbons (Fsp3) is 0.238. The van der Waals surface area contributed by atoms with Gasteiger partial charge in [0.05, 0.1) is 0 Å². The molecule has 0 fully saturated rings. The Hall–Kier alpha value is -2.48. The van der Waals surface area contributed by atoms with Crippen molar-refractivity contribution in [2.45, 2.75) is 20.3 Å². The number of hydrogen-bond acceptors (Lipinski definition) is 3. The van der Waals surface area contributed by atoms with Crippen LogP contribution in [0.1, 0.15) is 31.4 Å². The first-order valence-corrected chi connectivity index (χ1v) is 8.43. The average Bonchev–Trinajstić information content (AvgIpc) is 2.60. The van der Waals surface area contributed by atoms with Gasteiger partial charge < -0.3 is 14.9 Å². The Morgan fingerprint density at radius 2 is 1.68 bits per heavy atom. The highest BCUT2D eigenvalue weighted by Gasteiger charge is 2.09. The third-order valence-electron chi connectivity index (χ3n) is 3.99. The lowest BCUT2D eigenvalue weighted by atomic mass is 9.80. The average molecular weight is 333 g/mol. The van der Waals surface area contributed by atoms with Crippen LogP contribution in [0.4, 0.5) is 5.69 Å². The highest BCUT2D eigenvalue weighted by Crippen LogP contribution is 2.04. The van der Waals surface area contributed by atoms with Gasteiger partial charge >= 0.3 is 7.12 Å². The zero-order chi connectivity index (χ0) is 18.4. The summed E-state index contributed by atoms with van der Waals surface area (Å²) in [5, 5.41) is 20.7. The van der Waals surface area contributed by atoms with E-state index in [2.05, 4.69) is 47.9 Å². The summed E-state index contributed by atoms with van der Waals surface area (Å²) in [5.41, 5.74) is 3.47. The van der Waals surface area contributed by atoms with Crippen LogP contribution in [-0.4, -0.2) is 31.3 Å². The van der Waals surface area contributed by atoms with Crippen molar-refractivity contribution in [3.63, 3.8) is 0 Å². The molecule has 25 heavy (non-hydrogen) atoms. The molecule has 0 amide bonds. The molecule has 2 aromatic rings. The van der Waals surface area contributed by atoms with Crippen molar-refractivity contribution in [1.82, 2.24) is 0 Å². The van der Waals surface area contributed by atoms with Crippen LogP contribution in [0.15, 0.2) is 36.4 Å². The molecule has 0 saturated heterocycles. The maximum Gasteiger partial charge on any atom is 0.488 e. The minimum atomic E-state index is -1.45. The quantitative estimate of drug-likeness (QED) is 0.646. The highest BCUT2D eigenvalue weighted by molar-refractivity contribution is 6.58. The fourth-order valence-electron chi connectivity index (χ4n) is 2.73. The minimum absolute atomic E-state index is 0.461. The van der Waals surface area contributed by atoms with Gasteiger partial charge in [0.2, 0.25) is 0 Å². The second-order valence-corrected chi connectivity index (χ2v) is 6.00. The molecule has 0 aliphatic rings. The molecule has 0 unspecified atom stereocenters. The molecular weight excluding hydrogens is 309 g/mol. The van der Waals surface area contributed by atoms with Crippen molar-refractivity contribution in [1.29, 1.82) is 0 Å². The Labute approximate surface area is 150 Å². The molecule has 4 heteroatoms. The van der Waals surface area contributed by atoms with Crippen LogP contribution in [0.5, 0.6) is 0 Å². The molecule has 3 nitrogen and oxygen atoms in total. The van der Waals surface area contributed by atoms with E-state index in [1.54, 1.807) is 24.3 Å². The monoisotopic (exact) mass is 333 g/mol. The molecule has 0 aliphatic carbocycles. The molecule has 2 aromatic carbocycles. The maximum absolute atomic E-state index is 9.15. The van der Waals surface area contributed by atoms with Gasteiger partial charge in [0.1, 0.15) is 0 Å². The Balaban J connectivity index is 2.52. The SMILES string of the molecule is C/C=c1/c(C#Cc2ccc(B(O)O)cc2)ccc(N(C)C)/c1=C/CC. The van der Waals surface area contributed by atoms with Gasteiger partial charge in [0.25, 0.3) is 0 Å². The van der Waals surface area contributed by atoms with E-state index in [1.165, 1.54) is 10.9 Å². The normalized spacial score (nSPS) is 11.9. The molecule has 0 radical (unpaired) electrons. The van der Waals surface area contributed by atoms with Gasteiger partial charge in [0, 0.05) is 36.1 Å². The van der Waals surface area contributed by atoms with Crippen molar-refractivity contribution in [3.05, 3.63) is 58.0 Å². The molecule has 0 saturated carbocycles. The van der Waals surface area contributed by atoms with E-state index in [9.17, 15) is 0 Å². The zero-order valence-electron chi connectivity index (χ0n) is 15.2. The number of anilines is 1. The highest BCUT2D eigenvalue weighted by atomic mass is 16.4. The standard InChI is InChI=1S/C21H24BNO2/c1-5-7-20-19(6-2)17(12-15-21(20)23(3)4)11-8-16-9-13-18(14-10-16)22(24)25/h6-7,9-10,12-15,24-25H,5H2,1-4H3/b19-6-,20-7+. The van der Waals surface area contributed by atoms with Gasteiger partial charge in [0.15, 0.2) is 0 Å². The van der Waals surface area contributed by atoms with Crippen molar-refractivity contribution < 1.29 is 10.0 Å². The molecule has 0 bridgehead atoms. The van der Waals surface area contributed by atoms with Crippen LogP contribution in [-0.2, 0) is 0 Å². The summed E-state index contributed by atoms with van der Waals surface area (Å²) in [4.78, 5) is 2.12. The number of nitrogens with zero attached hydrogens (tertiary/aromatic N) is 1. The van der Waals surface area contributed by atoms with Gasteiger partial charge in [-0.05, 0) is 48.3 Å². The second-order valence-electron chi connectivity index (χ2n) is 6.00. The first-order valence-electron chi connectivity index (χ1n) is 8.43. The number of benzene rings is 2. The summed E-state index contributed by atoms with van der Waals surface area (Å²) in [6.45, 7) is 4.17. The summed E-state index contributed by atoms with van der Waals surface area (Å²) < 4.78 is 0. The summed E-state index contributed by atoms with van der Waals surface area (Å²) >= 11 is 0. The lowest BCUT2D eigenvalue weighted by Crippen LogP contribution is -2.33. The van der Waals surface area contributed by atoms with Gasteiger partial charge in [-0.25, -0.2) is 0 Å². The van der Waals surface area contributed by atoms with Crippen LogP contribution < -0.4 is 20.8 Å². The van der Waals surface area contributed by atoms with Crippen LogP contribution in [0.2, 0.25) is 0 Å². The maximum atomic E-state index is 9.15. The van der Waals surface area contributed by atoms with E-state index in [0.717, 1.165) is 22.8 Å². The molecule has 0 spiro atoms. The predicted octanol–water partition coefficient (Wildman–Crippen LogP) is 0.823. The Morgan fingerprint density at radius 1 is 1.00 bits per heavy atom. The smallest absolute Gasteiger partial charge is 0.423 e. The van der Waals surface area contributed by atoms with Crippen molar-refractivity contribution >= 4 is 30.4 Å². The fourth-order valence-corrected chi connectivity index (χ4v) is 2.73. The molecule has 0 atom stereocenters. The van der Waals surface area contributed by atoms with Crippen molar-refractivity contribution in [3.8, 4) is 11.8 Å². The predicted molar refractivity (Wildman–Crippen MR) is 107 cm³/mol. The molecule has 2 N–H and O–H groups in total. The van der Waals surface area contributed by atoms with Gasteiger partial charge in [-0.1, -0.05) is 43.0 Å². The topological polar surface area (TPSA) is 43.7 Å². The van der Waals surface area contributed by atoms with E-state index in [4.69, 9.17) is 10.0 Å². The van der Waals surface area contributed by atoms with Crippen LogP contribution in [0, 0.1) is 11.8 Å². The summed E-state index contributed by atoms with van der Waals surface area (Å²) in [7, 11) is 2.64. The second kappa shape index (κ2) is 8.57. The van der Waals surface area contributed by atoms with E-state index in [0.29, 0.717) is 5.46 Å². The van der Waals surface area contributed by atoms with Gasteiger partial charge in [-0.15, -0.1) is 0 Å². The van der Waals surface area contributed by atoms with Crippen molar-refractivity contribution in [2.24, 2.45) is 0 Å². The lowest BCUT2D eigenvalue weighted by Gasteiger charge is -2.14. The van der Waals surface area contributed by atoms with Crippen LogP contribution in [0.25, 0.3) is 12.2 Å². The molecule has 0 aliphatic heterocycles. The van der Waals surface area contributed by atoms with Gasteiger partial charge in [-0.2, -0.15) is 0 Å². The zero-order valence-corrected chi connectivity index (χ0v) is 15.2. The summed E-state index contributed by atoms with van der Waals surface area (Å²) in [6, 6.07) is 11.1. The largest absolute Gasteiger partial charge is 0.488 e. The third-order valence-corrected chi connectivity index (χ3v) is 3.99. The van der Waals surface area contributed by atoms with Gasteiger partial charge in [-0.3, -0.25) is 0 Å². The van der Waals surface area contributed by atoms with E-state index in [-0.39, 0.29) is 0 Å². The summed E-state index contributed by atoms with van der Waals surface area (Å²) in [5.74, 6) is 6.41. The molecule has 128 valence electrons. The Morgan fingerprint density at radius 3 is 2.20 bits per heavy atom. The van der Waals surface area contributed by atoms with E-state index >= 15 is 0 Å². The minimum Gasteiger partial charge on any atom is -0.423 e. The van der Waals surface area contributed by atoms with E-state index < -0.39 is 7.12 Å². The first kappa shape index (κ1) is 18.9. The molecule has 2 rings (SSSR count). The summed E-state index contributed by atoms with van der Waals surface area (Å²) in [6.07, 6.45) is 5.29. The Kier molecular flexibility index (Phi) is 6.47. The molecule has 0 aromatic heterocycles. The van der Waals surface area contributed by atoms with Crippen LogP contribution in [0.3, 0.4) is 0 Å². The third kappa shape index (κ3) is 4.54. The lowest BCUT2D eigenvalue weighted by molar-refractivity contribution is 0.426. The molecular formula is C21H24BNO2. The molecule has 0 heterocycles. The van der Waals surface area contributed by atoms with Crippen LogP contribution >= 0.6 is 0 Å². The first-order chi connectivity index (χ1) is 12.0. The number of hydrogen-bond donors (Lipinski definition) is 2. The number of rotatable bonds is 3. The van der Waals surface area contributed by atoms with Crippen molar-refractivity contribution in [2.75, 3.05) is 19.0 Å².